The molecule has 3 aliphatic carbocycles. The molecule has 0 aromatic heterocycles. The molecule has 692 valence electrons. The average Bonchev–Trinajstić information content (AvgIpc) is 0.709. The molecule has 5 aliphatic rings. The molecule has 2 saturated carbocycles. The van der Waals surface area contributed by atoms with Crippen molar-refractivity contribution < 1.29 is 76.9 Å². The van der Waals surface area contributed by atoms with Crippen LogP contribution in [0.1, 0.15) is 444 Å². The summed E-state index contributed by atoms with van der Waals surface area (Å²) in [4.78, 5) is 93.6. The number of amides is 4. The topological polar surface area (TPSA) is 223 Å². The fourth-order valence-corrected chi connectivity index (χ4v) is 23.9. The molecule has 2 heterocycles. The van der Waals surface area contributed by atoms with E-state index in [4.69, 9.17) is 37.9 Å². The van der Waals surface area contributed by atoms with Gasteiger partial charge in [-0.3, -0.25) is 38.6 Å². The van der Waals surface area contributed by atoms with Gasteiger partial charge in [-0.2, -0.15) is 0 Å². The zero-order chi connectivity index (χ0) is 90.2. The Morgan fingerprint density at radius 1 is 0.282 bits per heavy atom. The maximum Gasteiger partial charge on any atom is 0.309 e. The molecule has 4 fully saturated rings. The summed E-state index contributed by atoms with van der Waals surface area (Å²) in [6.45, 7) is 19.3. The number of rotatable bonds is 54. The summed E-state index contributed by atoms with van der Waals surface area (Å²) in [6.07, 6.45) is 42.6. The fourth-order valence-electron chi connectivity index (χ4n) is 23.9. The van der Waals surface area contributed by atoms with Gasteiger partial charge in [-0.1, -0.05) is 287 Å². The molecule has 4 amide bonds. The molecule has 8 atom stereocenters. The van der Waals surface area contributed by atoms with Crippen LogP contribution in [0.2, 0.25) is 0 Å². The summed E-state index contributed by atoms with van der Waals surface area (Å²) in [5, 5.41) is 21.9. The second kappa shape index (κ2) is 46.5. The van der Waals surface area contributed by atoms with Crippen molar-refractivity contribution in [2.45, 2.75) is 401 Å². The normalized spacial score (nSPS) is 24.1. The smallest absolute Gasteiger partial charge is 0.309 e. The minimum absolute atomic E-state index is 0.0589. The summed E-state index contributed by atoms with van der Waals surface area (Å²) in [6, 6.07) is 13.3. The first-order valence-corrected chi connectivity index (χ1v) is 48.8. The van der Waals surface area contributed by atoms with E-state index >= 15 is 19.2 Å². The molecule has 2 saturated heterocycles. The van der Waals surface area contributed by atoms with Crippen LogP contribution in [-0.2, 0) is 41.9 Å². The van der Waals surface area contributed by atoms with Crippen molar-refractivity contribution in [3.05, 3.63) is 92.0 Å². The highest BCUT2D eigenvalue weighted by Gasteiger charge is 2.65. The maximum absolute atomic E-state index is 16.0. The monoisotopic (exact) mass is 1720 g/mol. The van der Waals surface area contributed by atoms with Crippen molar-refractivity contribution >= 4 is 35.6 Å². The first-order chi connectivity index (χ1) is 59.5. The maximum atomic E-state index is 16.0. The van der Waals surface area contributed by atoms with E-state index in [2.05, 4.69) is 52.0 Å². The number of carbonyl (C=O) groups is 6. The van der Waals surface area contributed by atoms with Crippen LogP contribution in [0.4, 0.5) is 0 Å². The van der Waals surface area contributed by atoms with Gasteiger partial charge >= 0.3 is 11.9 Å². The predicted octanol–water partition coefficient (Wildman–Crippen LogP) is 26.6. The number of methoxy groups -OCH3 is 8. The summed E-state index contributed by atoms with van der Waals surface area (Å²) in [5.74, 6) is -1.56. The van der Waals surface area contributed by atoms with Gasteiger partial charge in [-0.25, -0.2) is 0 Å². The van der Waals surface area contributed by atoms with Gasteiger partial charge in [-0.15, -0.1) is 0 Å². The number of nitrogens with zero attached hydrogens (tertiary/aromatic N) is 2. The Labute approximate surface area is 746 Å². The molecule has 18 heteroatoms. The standard InChI is InChI=1S/C106H162N2O16/c1-19-23-27-31-35-39-43-47-51-55-73-77-59-78(88(118-12)63-87(77)117-11)74(56-52-48-44-40-36-32-28-24-20-2)83-62-84(94(124-18)86(93(83)123-17)66-108-97(111)103(7)68-104(8,98(108)112)72-106(10,71-103)100(115)116)76(58-54-50-46-42-38-34-30-26-22-4)80-60-79(89(119-13)64-90(80)120-14)75(57-53-49-45-41-37-33-29-25-21-3)82-61-81(73)91(121-15)85(92(82)122-16)65-107-95(109)101(5)67-102(6,96(107)110)70-105(9,69-101)99(113)114/h59-64,73-76H,19-58,65-72H2,1-18H3,(H,113,114)(H,115,116). The fraction of sp³-hybridized carbons (Fsp3) is 0.717. The second-order valence-electron chi connectivity index (χ2n) is 40.0. The molecular weight excluding hydrogens is 1560 g/mol. The molecule has 8 unspecified atom stereocenters. The zero-order valence-corrected chi connectivity index (χ0v) is 80.2. The second-order valence-corrected chi connectivity index (χ2v) is 40.0. The van der Waals surface area contributed by atoms with Crippen LogP contribution in [0.25, 0.3) is 0 Å². The Morgan fingerprint density at radius 2 is 0.468 bits per heavy atom. The highest BCUT2D eigenvalue weighted by molar-refractivity contribution is 6.05. The number of carbonyl (C=O) groups excluding carboxylic acids is 4. The summed E-state index contributed by atoms with van der Waals surface area (Å²) < 4.78 is 55.7. The van der Waals surface area contributed by atoms with Crippen molar-refractivity contribution in [3.63, 3.8) is 0 Å². The van der Waals surface area contributed by atoms with Gasteiger partial charge in [0.2, 0.25) is 23.6 Å². The van der Waals surface area contributed by atoms with Crippen molar-refractivity contribution in [2.24, 2.45) is 32.5 Å². The van der Waals surface area contributed by atoms with Gasteiger partial charge < -0.3 is 48.1 Å². The molecule has 12 bridgehead atoms. The van der Waals surface area contributed by atoms with E-state index in [1.165, 1.54) is 113 Å². The van der Waals surface area contributed by atoms with E-state index in [1.54, 1.807) is 70.7 Å². The quantitative estimate of drug-likeness (QED) is 0.0310. The van der Waals surface area contributed by atoms with Crippen LogP contribution in [0, 0.1) is 32.5 Å². The number of hydrogen-bond acceptors (Lipinski definition) is 14. The first kappa shape index (κ1) is 100. The van der Waals surface area contributed by atoms with E-state index in [9.17, 15) is 19.8 Å². The number of aliphatic carboxylic acids is 2. The highest BCUT2D eigenvalue weighted by atomic mass is 16.5. The number of ether oxygens (including phenoxy) is 8. The number of carboxylic acids is 2. The lowest BCUT2D eigenvalue weighted by molar-refractivity contribution is -0.186. The Balaban J connectivity index is 1.44. The van der Waals surface area contributed by atoms with Crippen molar-refractivity contribution in [2.75, 3.05) is 56.9 Å². The van der Waals surface area contributed by atoms with E-state index in [0.717, 1.165) is 173 Å². The van der Waals surface area contributed by atoms with Crippen LogP contribution in [0.15, 0.2) is 36.4 Å². The number of imide groups is 2. The summed E-state index contributed by atoms with van der Waals surface area (Å²) in [7, 11) is 13.6. The van der Waals surface area contributed by atoms with Gasteiger partial charge in [0.25, 0.3) is 0 Å². The molecule has 0 radical (unpaired) electrons. The van der Waals surface area contributed by atoms with E-state index in [1.807, 2.05) is 39.8 Å². The molecule has 124 heavy (non-hydrogen) atoms. The van der Waals surface area contributed by atoms with Crippen LogP contribution in [-0.4, -0.2) is 112 Å². The molecule has 2 aliphatic heterocycles. The minimum Gasteiger partial charge on any atom is -0.496 e. The van der Waals surface area contributed by atoms with E-state index in [0.29, 0.717) is 82.8 Å². The van der Waals surface area contributed by atoms with Crippen LogP contribution < -0.4 is 37.9 Å². The zero-order valence-electron chi connectivity index (χ0n) is 80.2. The van der Waals surface area contributed by atoms with Gasteiger partial charge in [0.15, 0.2) is 0 Å². The SMILES string of the molecule is CCCCCCCCCCCC1c2cc(c(OC)cc2OC)C(CCCCCCCCCCC)c2cc(c(OC)c(CN3C(=O)C4(C)CC(C)(C(=O)O)CC(C)(C4)C3=O)c2OC)C(CCCCCCCCCCC)c2cc(c(OC)cc2OC)C(CCCCCCCCCCC)c2cc1c(OC)c(CN1C(=O)C3(C)CC(C)(C(=O)O)CC(C)(C3)C1=O)c2OC. The lowest BCUT2D eigenvalue weighted by Gasteiger charge is -2.55. The number of fused-ring (bicyclic) bond motifs is 12. The van der Waals surface area contributed by atoms with Crippen LogP contribution in [0.3, 0.4) is 0 Å². The Morgan fingerprint density at radius 3 is 0.645 bits per heavy atom. The first-order valence-electron chi connectivity index (χ1n) is 48.8. The molecule has 4 aromatic rings. The lowest BCUT2D eigenvalue weighted by atomic mass is 9.51. The Bertz CT molecular complexity index is 3720. The predicted molar refractivity (Wildman–Crippen MR) is 496 cm³/mol. The Hall–Kier alpha value is -7.50. The number of carboxylic acid groups (broad SMARTS) is 2. The van der Waals surface area contributed by atoms with E-state index < -0.39 is 91.7 Å². The number of benzene rings is 4. The third-order valence-corrected chi connectivity index (χ3v) is 29.5. The molecular formula is C106H162N2O16. The number of piperidine rings is 2. The van der Waals surface area contributed by atoms with Crippen molar-refractivity contribution in [3.8, 4) is 46.0 Å². The Kier molecular flexibility index (Phi) is 37.6. The van der Waals surface area contributed by atoms with Gasteiger partial charge in [0.1, 0.15) is 46.0 Å². The summed E-state index contributed by atoms with van der Waals surface area (Å²) in [5.41, 5.74) is 0.339. The minimum atomic E-state index is -1.33. The molecule has 9 rings (SSSR count). The van der Waals surface area contributed by atoms with Gasteiger partial charge in [-0.05, 0) is 102 Å². The number of unbranched alkanes of at least 4 members (excludes halogenated alkanes) is 32. The third-order valence-electron chi connectivity index (χ3n) is 29.5. The van der Waals surface area contributed by atoms with Crippen molar-refractivity contribution in [1.82, 2.24) is 9.80 Å². The van der Waals surface area contributed by atoms with Crippen LogP contribution in [0.5, 0.6) is 46.0 Å². The molecule has 2 N–H and O–H groups in total. The molecule has 4 aromatic carbocycles. The third kappa shape index (κ3) is 23.1. The van der Waals surface area contributed by atoms with Crippen molar-refractivity contribution in [1.29, 1.82) is 0 Å². The lowest BCUT2D eigenvalue weighted by Crippen LogP contribution is -2.63. The average molecular weight is 1720 g/mol. The van der Waals surface area contributed by atoms with Gasteiger partial charge in [0, 0.05) is 102 Å². The largest absolute Gasteiger partial charge is 0.496 e. The summed E-state index contributed by atoms with van der Waals surface area (Å²) >= 11 is 0. The number of hydrogen-bond donors (Lipinski definition) is 2. The number of likely N-dealkylation sites (tertiary alicyclic amines) is 2. The molecule has 18 nitrogen and oxygen atoms in total. The van der Waals surface area contributed by atoms with Gasteiger partial charge in [0.05, 0.1) is 91.9 Å². The van der Waals surface area contributed by atoms with E-state index in [-0.39, 0.29) is 51.6 Å². The highest BCUT2D eigenvalue weighted by Crippen LogP contribution is 2.63. The molecule has 0 spiro atoms. The van der Waals surface area contributed by atoms with Crippen LogP contribution >= 0.6 is 0 Å².